The van der Waals surface area contributed by atoms with Gasteiger partial charge in [-0.15, -0.1) is 5.92 Å². The molecule has 10 heavy (non-hydrogen) atoms. The first-order chi connectivity index (χ1) is 4.93. The van der Waals surface area contributed by atoms with Crippen molar-refractivity contribution in [2.75, 3.05) is 13.1 Å². The van der Waals surface area contributed by atoms with Gasteiger partial charge in [0, 0.05) is 13.0 Å². The second-order valence-corrected chi connectivity index (χ2v) is 2.21. The van der Waals surface area contributed by atoms with Crippen LogP contribution in [0.4, 0.5) is 0 Å². The summed E-state index contributed by atoms with van der Waals surface area (Å²) in [5, 5.41) is 3.16. The molecule has 1 aliphatic heterocycles. The maximum absolute atomic E-state index is 4.25. The summed E-state index contributed by atoms with van der Waals surface area (Å²) in [5.41, 5.74) is 0. The lowest BCUT2D eigenvalue weighted by atomic mass is 10.3. The zero-order valence-electron chi connectivity index (χ0n) is 6.28. The first-order valence-electron chi connectivity index (χ1n) is 3.60. The Morgan fingerprint density at radius 3 is 3.20 bits per heavy atom. The van der Waals surface area contributed by atoms with Gasteiger partial charge in [0.05, 0.1) is 12.4 Å². The molecule has 54 valence electrons. The summed E-state index contributed by atoms with van der Waals surface area (Å²) in [4.78, 5) is 4.25. The zero-order valence-corrected chi connectivity index (χ0v) is 6.28. The topological polar surface area (TPSA) is 24.4 Å². The third kappa shape index (κ3) is 2.10. The summed E-state index contributed by atoms with van der Waals surface area (Å²) in [7, 11) is 0. The van der Waals surface area contributed by atoms with Gasteiger partial charge in [-0.2, -0.15) is 0 Å². The van der Waals surface area contributed by atoms with Crippen LogP contribution >= 0.6 is 0 Å². The normalized spacial score (nSPS) is 15.5. The molecule has 0 spiro atoms. The van der Waals surface area contributed by atoms with Gasteiger partial charge >= 0.3 is 0 Å². The SMILES string of the molecule is CC#CCNC1=NCCC1. The Morgan fingerprint density at radius 1 is 1.70 bits per heavy atom. The smallest absolute Gasteiger partial charge is 0.0971 e. The molecule has 1 rings (SSSR count). The molecule has 0 aliphatic carbocycles. The third-order valence-corrected chi connectivity index (χ3v) is 1.43. The van der Waals surface area contributed by atoms with Crippen molar-refractivity contribution in [1.29, 1.82) is 0 Å². The predicted octanol–water partition coefficient (Wildman–Crippen LogP) is 0.792. The van der Waals surface area contributed by atoms with E-state index in [1.54, 1.807) is 0 Å². The number of nitrogens with zero attached hydrogens (tertiary/aromatic N) is 1. The highest BCUT2D eigenvalue weighted by Gasteiger charge is 2.02. The van der Waals surface area contributed by atoms with Crippen LogP contribution < -0.4 is 5.32 Å². The summed E-state index contributed by atoms with van der Waals surface area (Å²) in [6, 6.07) is 0. The van der Waals surface area contributed by atoms with Gasteiger partial charge in [0.25, 0.3) is 0 Å². The molecule has 0 radical (unpaired) electrons. The summed E-state index contributed by atoms with van der Waals surface area (Å²) in [6.45, 7) is 3.58. The van der Waals surface area contributed by atoms with Crippen molar-refractivity contribution in [1.82, 2.24) is 5.32 Å². The van der Waals surface area contributed by atoms with Crippen molar-refractivity contribution in [3.63, 3.8) is 0 Å². The van der Waals surface area contributed by atoms with Crippen LogP contribution in [0.15, 0.2) is 4.99 Å². The first-order valence-corrected chi connectivity index (χ1v) is 3.60. The molecule has 2 heteroatoms. The van der Waals surface area contributed by atoms with Crippen LogP contribution in [0.2, 0.25) is 0 Å². The van der Waals surface area contributed by atoms with Crippen LogP contribution in [-0.4, -0.2) is 18.9 Å². The monoisotopic (exact) mass is 136 g/mol. The van der Waals surface area contributed by atoms with E-state index in [0.29, 0.717) is 0 Å². The van der Waals surface area contributed by atoms with Gasteiger partial charge in [-0.05, 0) is 13.3 Å². The molecular weight excluding hydrogens is 124 g/mol. The molecule has 0 unspecified atom stereocenters. The molecule has 1 N–H and O–H groups in total. The summed E-state index contributed by atoms with van der Waals surface area (Å²) in [5.74, 6) is 6.88. The zero-order chi connectivity index (χ0) is 7.23. The minimum atomic E-state index is 0.745. The highest BCUT2D eigenvalue weighted by Crippen LogP contribution is 1.99. The van der Waals surface area contributed by atoms with Gasteiger partial charge in [-0.3, -0.25) is 4.99 Å². The third-order valence-electron chi connectivity index (χ3n) is 1.43. The van der Waals surface area contributed by atoms with Crippen molar-refractivity contribution in [3.8, 4) is 11.8 Å². The van der Waals surface area contributed by atoms with Gasteiger partial charge in [0.2, 0.25) is 0 Å². The molecule has 0 fully saturated rings. The average Bonchev–Trinajstić information content (AvgIpc) is 2.41. The van der Waals surface area contributed by atoms with E-state index >= 15 is 0 Å². The number of aliphatic imine (C=N–C) groups is 1. The summed E-state index contributed by atoms with van der Waals surface area (Å²) >= 11 is 0. The number of nitrogens with one attached hydrogen (secondary N) is 1. The molecule has 1 aliphatic rings. The van der Waals surface area contributed by atoms with Gasteiger partial charge in [-0.25, -0.2) is 0 Å². The van der Waals surface area contributed by atoms with Gasteiger partial charge in [-0.1, -0.05) is 5.92 Å². The van der Waals surface area contributed by atoms with Crippen molar-refractivity contribution >= 4 is 5.84 Å². The lowest BCUT2D eigenvalue weighted by Crippen LogP contribution is -2.21. The fourth-order valence-electron chi connectivity index (χ4n) is 0.918. The van der Waals surface area contributed by atoms with E-state index in [1.165, 1.54) is 6.42 Å². The van der Waals surface area contributed by atoms with Gasteiger partial charge < -0.3 is 5.32 Å². The van der Waals surface area contributed by atoms with E-state index in [9.17, 15) is 0 Å². The van der Waals surface area contributed by atoms with Gasteiger partial charge in [0.15, 0.2) is 0 Å². The number of hydrogen-bond acceptors (Lipinski definition) is 2. The fraction of sp³-hybridized carbons (Fsp3) is 0.625. The van der Waals surface area contributed by atoms with E-state index in [1.807, 2.05) is 6.92 Å². The second-order valence-electron chi connectivity index (χ2n) is 2.21. The largest absolute Gasteiger partial charge is 0.363 e. The van der Waals surface area contributed by atoms with Crippen LogP contribution in [0.3, 0.4) is 0 Å². The molecule has 0 saturated carbocycles. The molecular formula is C8H12N2. The van der Waals surface area contributed by atoms with E-state index in [-0.39, 0.29) is 0 Å². The van der Waals surface area contributed by atoms with Crippen LogP contribution in [0.1, 0.15) is 19.8 Å². The lowest BCUT2D eigenvalue weighted by Gasteiger charge is -1.97. The number of rotatable bonds is 1. The van der Waals surface area contributed by atoms with Crippen molar-refractivity contribution in [2.24, 2.45) is 4.99 Å². The first kappa shape index (κ1) is 7.14. The summed E-state index contributed by atoms with van der Waals surface area (Å²) < 4.78 is 0. The molecule has 0 bridgehead atoms. The standard InChI is InChI=1S/C8H12N2/c1-2-3-6-9-8-5-4-7-10-8/h4-7H2,1H3,(H,9,10). The molecule has 0 saturated heterocycles. The summed E-state index contributed by atoms with van der Waals surface area (Å²) in [6.07, 6.45) is 2.30. The van der Waals surface area contributed by atoms with Crippen LogP contribution in [0.25, 0.3) is 0 Å². The number of amidine groups is 1. The fourth-order valence-corrected chi connectivity index (χ4v) is 0.918. The van der Waals surface area contributed by atoms with Crippen LogP contribution in [-0.2, 0) is 0 Å². The van der Waals surface area contributed by atoms with Crippen molar-refractivity contribution < 1.29 is 0 Å². The van der Waals surface area contributed by atoms with E-state index in [0.717, 1.165) is 25.3 Å². The Labute approximate surface area is 61.7 Å². The molecule has 0 aromatic heterocycles. The Kier molecular flexibility index (Phi) is 2.82. The maximum Gasteiger partial charge on any atom is 0.0971 e. The highest BCUT2D eigenvalue weighted by molar-refractivity contribution is 5.83. The van der Waals surface area contributed by atoms with Gasteiger partial charge in [0.1, 0.15) is 0 Å². The Morgan fingerprint density at radius 2 is 2.60 bits per heavy atom. The minimum absolute atomic E-state index is 0.745. The molecule has 0 amide bonds. The average molecular weight is 136 g/mol. The Hall–Kier alpha value is -0.970. The maximum atomic E-state index is 4.25. The quantitative estimate of drug-likeness (QED) is 0.529. The molecule has 1 heterocycles. The number of hydrogen-bond donors (Lipinski definition) is 1. The lowest BCUT2D eigenvalue weighted by molar-refractivity contribution is 0.941. The van der Waals surface area contributed by atoms with Crippen molar-refractivity contribution in [2.45, 2.75) is 19.8 Å². The van der Waals surface area contributed by atoms with E-state index in [4.69, 9.17) is 0 Å². The van der Waals surface area contributed by atoms with Crippen LogP contribution in [0.5, 0.6) is 0 Å². The molecule has 2 nitrogen and oxygen atoms in total. The Balaban J connectivity index is 2.17. The molecule has 0 aromatic carbocycles. The van der Waals surface area contributed by atoms with E-state index < -0.39 is 0 Å². The predicted molar refractivity (Wildman–Crippen MR) is 43.0 cm³/mol. The molecule has 0 aromatic rings. The highest BCUT2D eigenvalue weighted by atomic mass is 15.0. The van der Waals surface area contributed by atoms with Crippen molar-refractivity contribution in [3.05, 3.63) is 0 Å². The minimum Gasteiger partial charge on any atom is -0.363 e. The Bertz CT molecular complexity index is 183. The second kappa shape index (κ2) is 3.94. The van der Waals surface area contributed by atoms with Crippen LogP contribution in [0, 0.1) is 11.8 Å². The van der Waals surface area contributed by atoms with E-state index in [2.05, 4.69) is 22.2 Å². The molecule has 0 atom stereocenters.